The van der Waals surface area contributed by atoms with Gasteiger partial charge in [-0.3, -0.25) is 19.4 Å². The lowest BCUT2D eigenvalue weighted by molar-refractivity contribution is -0.141. The Morgan fingerprint density at radius 3 is 2.67 bits per heavy atom. The predicted molar refractivity (Wildman–Crippen MR) is 75.6 cm³/mol. The summed E-state index contributed by atoms with van der Waals surface area (Å²) in [4.78, 5) is 39.5. The Hall–Kier alpha value is -2.44. The van der Waals surface area contributed by atoms with Gasteiger partial charge in [0.1, 0.15) is 0 Å². The van der Waals surface area contributed by atoms with E-state index in [1.54, 1.807) is 18.3 Å². The third kappa shape index (κ3) is 5.60. The minimum atomic E-state index is -0.974. The fraction of sp³-hybridized carbons (Fsp3) is 0.429. The summed E-state index contributed by atoms with van der Waals surface area (Å²) >= 11 is 0. The van der Waals surface area contributed by atoms with Crippen molar-refractivity contribution in [1.29, 1.82) is 0 Å². The van der Waals surface area contributed by atoms with Crippen LogP contribution in [0.15, 0.2) is 24.5 Å². The second kappa shape index (κ2) is 7.98. The van der Waals surface area contributed by atoms with Crippen LogP contribution < -0.4 is 5.32 Å². The van der Waals surface area contributed by atoms with Crippen LogP contribution in [-0.4, -0.2) is 52.4 Å². The molecule has 0 saturated heterocycles. The van der Waals surface area contributed by atoms with Crippen molar-refractivity contribution in [1.82, 2.24) is 15.2 Å². The van der Waals surface area contributed by atoms with Gasteiger partial charge in [0.25, 0.3) is 5.91 Å². The molecule has 0 aliphatic rings. The fourth-order valence-corrected chi connectivity index (χ4v) is 1.72. The zero-order valence-corrected chi connectivity index (χ0v) is 12.1. The zero-order valence-electron chi connectivity index (χ0n) is 12.1. The van der Waals surface area contributed by atoms with Crippen LogP contribution in [0.5, 0.6) is 0 Å². The van der Waals surface area contributed by atoms with Gasteiger partial charge in [0.15, 0.2) is 0 Å². The number of hydrogen-bond acceptors (Lipinski definition) is 4. The van der Waals surface area contributed by atoms with Crippen molar-refractivity contribution in [2.24, 2.45) is 5.92 Å². The highest BCUT2D eigenvalue weighted by atomic mass is 16.4. The Bertz CT molecular complexity index is 504. The molecule has 1 aromatic rings. The van der Waals surface area contributed by atoms with Crippen molar-refractivity contribution in [3.8, 4) is 0 Å². The molecule has 0 aliphatic carbocycles. The molecule has 1 unspecified atom stereocenters. The minimum Gasteiger partial charge on any atom is -0.481 e. The summed E-state index contributed by atoms with van der Waals surface area (Å²) in [6, 6.07) is 3.26. The Morgan fingerprint density at radius 1 is 1.43 bits per heavy atom. The molecule has 1 atom stereocenters. The topological polar surface area (TPSA) is 99.6 Å². The maximum absolute atomic E-state index is 12.4. The van der Waals surface area contributed by atoms with Crippen LogP contribution in [0.1, 0.15) is 24.2 Å². The second-order valence-electron chi connectivity index (χ2n) is 4.72. The van der Waals surface area contributed by atoms with Gasteiger partial charge in [0, 0.05) is 39.0 Å². The average molecular weight is 293 g/mol. The first-order valence-electron chi connectivity index (χ1n) is 6.58. The lowest BCUT2D eigenvalue weighted by Crippen LogP contribution is -2.41. The van der Waals surface area contributed by atoms with Gasteiger partial charge in [-0.2, -0.15) is 0 Å². The molecule has 7 nitrogen and oxygen atoms in total. The number of nitrogens with zero attached hydrogens (tertiary/aromatic N) is 2. The van der Waals surface area contributed by atoms with Crippen LogP contribution in [0.2, 0.25) is 0 Å². The largest absolute Gasteiger partial charge is 0.481 e. The molecule has 21 heavy (non-hydrogen) atoms. The third-order valence-corrected chi connectivity index (χ3v) is 2.87. The normalized spacial score (nSPS) is 11.5. The summed E-state index contributed by atoms with van der Waals surface area (Å²) in [6.07, 6.45) is 2.98. The maximum Gasteiger partial charge on any atom is 0.308 e. The van der Waals surface area contributed by atoms with Gasteiger partial charge < -0.3 is 15.3 Å². The van der Waals surface area contributed by atoms with E-state index in [0.717, 1.165) is 0 Å². The number of carboxylic acids is 1. The van der Waals surface area contributed by atoms with Crippen LogP contribution >= 0.6 is 0 Å². The quantitative estimate of drug-likeness (QED) is 0.757. The molecule has 0 radical (unpaired) electrons. The van der Waals surface area contributed by atoms with E-state index in [9.17, 15) is 14.4 Å². The molecule has 1 aromatic heterocycles. The lowest BCUT2D eigenvalue weighted by atomic mass is 10.1. The average Bonchev–Trinajstić information content (AvgIpc) is 2.45. The van der Waals surface area contributed by atoms with Gasteiger partial charge in [-0.1, -0.05) is 6.92 Å². The van der Waals surface area contributed by atoms with Crippen molar-refractivity contribution < 1.29 is 19.5 Å². The molecule has 2 N–H and O–H groups in total. The first kappa shape index (κ1) is 16.6. The standard InChI is InChI=1S/C14H19N3O4/c1-10(14(20)21)9-17(7-6-16-11(2)18)13(19)12-4-3-5-15-8-12/h3-5,8,10H,6-7,9H2,1-2H3,(H,16,18)(H,20,21). The van der Waals surface area contributed by atoms with Crippen molar-refractivity contribution in [3.05, 3.63) is 30.1 Å². The number of pyridine rings is 1. The zero-order chi connectivity index (χ0) is 15.8. The lowest BCUT2D eigenvalue weighted by Gasteiger charge is -2.24. The van der Waals surface area contributed by atoms with Crippen LogP contribution in [0.25, 0.3) is 0 Å². The Kier molecular flexibility index (Phi) is 6.32. The fourth-order valence-electron chi connectivity index (χ4n) is 1.72. The SMILES string of the molecule is CC(=O)NCCN(CC(C)C(=O)O)C(=O)c1cccnc1. The number of aliphatic carboxylic acids is 1. The van der Waals surface area contributed by atoms with Gasteiger partial charge in [-0.25, -0.2) is 0 Å². The van der Waals surface area contributed by atoms with Gasteiger partial charge in [-0.05, 0) is 12.1 Å². The third-order valence-electron chi connectivity index (χ3n) is 2.87. The smallest absolute Gasteiger partial charge is 0.308 e. The van der Waals surface area contributed by atoms with Gasteiger partial charge in [-0.15, -0.1) is 0 Å². The summed E-state index contributed by atoms with van der Waals surface area (Å²) in [5.41, 5.74) is 0.387. The molecule has 7 heteroatoms. The first-order valence-corrected chi connectivity index (χ1v) is 6.58. The van der Waals surface area contributed by atoms with Gasteiger partial charge in [0.05, 0.1) is 11.5 Å². The molecule has 1 rings (SSSR count). The van der Waals surface area contributed by atoms with Crippen LogP contribution in [0.3, 0.4) is 0 Å². The van der Waals surface area contributed by atoms with E-state index in [0.29, 0.717) is 5.56 Å². The molecule has 114 valence electrons. The predicted octanol–water partition coefficient (Wildman–Crippen LogP) is 0.381. The summed E-state index contributed by atoms with van der Waals surface area (Å²) < 4.78 is 0. The number of hydrogen-bond donors (Lipinski definition) is 2. The molecule has 0 spiro atoms. The van der Waals surface area contributed by atoms with E-state index in [1.807, 2.05) is 0 Å². The number of carbonyl (C=O) groups is 3. The van der Waals surface area contributed by atoms with Gasteiger partial charge >= 0.3 is 5.97 Å². The van der Waals surface area contributed by atoms with Crippen molar-refractivity contribution in [3.63, 3.8) is 0 Å². The maximum atomic E-state index is 12.4. The van der Waals surface area contributed by atoms with E-state index in [4.69, 9.17) is 5.11 Å². The molecule has 0 fully saturated rings. The number of carboxylic acid groups (broad SMARTS) is 1. The molecule has 2 amide bonds. The van der Waals surface area contributed by atoms with Crippen molar-refractivity contribution in [2.45, 2.75) is 13.8 Å². The first-order chi connectivity index (χ1) is 9.91. The van der Waals surface area contributed by atoms with E-state index >= 15 is 0 Å². The Labute approximate surface area is 123 Å². The second-order valence-corrected chi connectivity index (χ2v) is 4.72. The molecule has 0 bridgehead atoms. The highest BCUT2D eigenvalue weighted by Gasteiger charge is 2.21. The highest BCUT2D eigenvalue weighted by Crippen LogP contribution is 2.07. The van der Waals surface area contributed by atoms with E-state index in [2.05, 4.69) is 10.3 Å². The van der Waals surface area contributed by atoms with E-state index in [1.165, 1.54) is 24.9 Å². The molecule has 1 heterocycles. The van der Waals surface area contributed by atoms with Gasteiger partial charge in [0.2, 0.25) is 5.91 Å². The van der Waals surface area contributed by atoms with Crippen LogP contribution in [0, 0.1) is 5.92 Å². The van der Waals surface area contributed by atoms with E-state index in [-0.39, 0.29) is 31.4 Å². The summed E-state index contributed by atoms with van der Waals surface area (Å²) in [5.74, 6) is -2.17. The number of amides is 2. The van der Waals surface area contributed by atoms with Crippen molar-refractivity contribution >= 4 is 17.8 Å². The number of carbonyl (C=O) groups excluding carboxylic acids is 2. The molecule has 0 saturated carbocycles. The van der Waals surface area contributed by atoms with E-state index < -0.39 is 11.9 Å². The minimum absolute atomic E-state index is 0.0721. The molecule has 0 aromatic carbocycles. The molecule has 0 aliphatic heterocycles. The number of rotatable bonds is 7. The van der Waals surface area contributed by atoms with Crippen molar-refractivity contribution in [2.75, 3.05) is 19.6 Å². The number of nitrogens with one attached hydrogen (secondary N) is 1. The molecular weight excluding hydrogens is 274 g/mol. The molecular formula is C14H19N3O4. The highest BCUT2D eigenvalue weighted by molar-refractivity contribution is 5.94. The van der Waals surface area contributed by atoms with Crippen LogP contribution in [-0.2, 0) is 9.59 Å². The Balaban J connectivity index is 2.77. The summed E-state index contributed by atoms with van der Waals surface area (Å²) in [6.45, 7) is 3.50. The number of aromatic nitrogens is 1. The summed E-state index contributed by atoms with van der Waals surface area (Å²) in [7, 11) is 0. The monoisotopic (exact) mass is 293 g/mol. The summed E-state index contributed by atoms with van der Waals surface area (Å²) in [5, 5.41) is 11.6. The Morgan fingerprint density at radius 2 is 2.14 bits per heavy atom. The van der Waals surface area contributed by atoms with Crippen LogP contribution in [0.4, 0.5) is 0 Å².